The van der Waals surface area contributed by atoms with Crippen molar-refractivity contribution in [2.24, 2.45) is 5.73 Å². The molecule has 0 aliphatic carbocycles. The van der Waals surface area contributed by atoms with Crippen LogP contribution in [0.1, 0.15) is 6.92 Å². The highest BCUT2D eigenvalue weighted by molar-refractivity contribution is 9.10. The summed E-state index contributed by atoms with van der Waals surface area (Å²) < 4.78 is 31.9. The number of benzene rings is 1. The normalized spacial score (nSPS) is 13.6. The Hall–Kier alpha value is -0.340. The molecule has 0 heterocycles. The molecule has 2 N–H and O–H groups in total. The largest absolute Gasteiger partial charge is 0.494 e. The third kappa shape index (κ3) is 3.41. The van der Waals surface area contributed by atoms with Gasteiger partial charge < -0.3 is 10.5 Å². The number of hydrogen-bond acceptors (Lipinski definition) is 4. The van der Waals surface area contributed by atoms with Gasteiger partial charge in [0.15, 0.2) is 5.75 Å². The Kier molecular flexibility index (Phi) is 5.64. The average molecular weight is 372 g/mol. The summed E-state index contributed by atoms with van der Waals surface area (Å²) in [6, 6.07) is 2.61. The lowest BCUT2D eigenvalue weighted by Crippen LogP contribution is -2.39. The minimum absolute atomic E-state index is 0.0113. The third-order valence-electron chi connectivity index (χ3n) is 2.80. The highest BCUT2D eigenvalue weighted by Gasteiger charge is 2.29. The molecule has 1 aromatic rings. The van der Waals surface area contributed by atoms with Gasteiger partial charge in [0.2, 0.25) is 10.0 Å². The molecule has 1 unspecified atom stereocenters. The van der Waals surface area contributed by atoms with E-state index in [1.54, 1.807) is 13.0 Å². The molecule has 8 heteroatoms. The van der Waals surface area contributed by atoms with Crippen LogP contribution in [-0.2, 0) is 10.0 Å². The molecular weight excluding hydrogens is 356 g/mol. The summed E-state index contributed by atoms with van der Waals surface area (Å²) in [5, 5.41) is 0.306. The van der Waals surface area contributed by atoms with Gasteiger partial charge in [-0.2, -0.15) is 4.31 Å². The van der Waals surface area contributed by atoms with Gasteiger partial charge in [0.1, 0.15) is 4.90 Å². The van der Waals surface area contributed by atoms with Crippen LogP contribution in [0.15, 0.2) is 21.5 Å². The monoisotopic (exact) mass is 370 g/mol. The number of rotatable bonds is 5. The lowest BCUT2D eigenvalue weighted by molar-refractivity contribution is 0.379. The first-order valence-electron chi connectivity index (χ1n) is 5.46. The van der Waals surface area contributed by atoms with E-state index >= 15 is 0 Å². The van der Waals surface area contributed by atoms with E-state index in [9.17, 15) is 8.42 Å². The maximum Gasteiger partial charge on any atom is 0.246 e. The molecule has 0 aliphatic rings. The number of methoxy groups -OCH3 is 1. The summed E-state index contributed by atoms with van der Waals surface area (Å²) in [4.78, 5) is 0.0113. The van der Waals surface area contributed by atoms with E-state index in [4.69, 9.17) is 22.1 Å². The molecule has 0 saturated heterocycles. The van der Waals surface area contributed by atoms with E-state index in [0.29, 0.717) is 9.50 Å². The molecule has 0 fully saturated rings. The van der Waals surface area contributed by atoms with E-state index in [1.807, 2.05) is 0 Å². The molecule has 1 rings (SSSR count). The molecule has 0 radical (unpaired) electrons. The van der Waals surface area contributed by atoms with Crippen LogP contribution in [0.2, 0.25) is 5.02 Å². The number of nitrogens with zero attached hydrogens (tertiary/aromatic N) is 1. The molecule has 0 spiro atoms. The van der Waals surface area contributed by atoms with Crippen molar-refractivity contribution < 1.29 is 13.2 Å². The lowest BCUT2D eigenvalue weighted by Gasteiger charge is -2.24. The van der Waals surface area contributed by atoms with Gasteiger partial charge in [0, 0.05) is 24.7 Å². The Morgan fingerprint density at radius 1 is 1.53 bits per heavy atom. The van der Waals surface area contributed by atoms with Crippen LogP contribution in [0.5, 0.6) is 5.75 Å². The number of likely N-dealkylation sites (N-methyl/N-ethyl adjacent to an activating group) is 1. The smallest absolute Gasteiger partial charge is 0.246 e. The number of halogens is 2. The van der Waals surface area contributed by atoms with Gasteiger partial charge >= 0.3 is 0 Å². The third-order valence-corrected chi connectivity index (χ3v) is 5.58. The molecule has 0 saturated carbocycles. The topological polar surface area (TPSA) is 72.6 Å². The maximum atomic E-state index is 12.5. The van der Waals surface area contributed by atoms with Gasteiger partial charge in [-0.05, 0) is 35.0 Å². The van der Waals surface area contributed by atoms with Crippen molar-refractivity contribution in [3.8, 4) is 5.75 Å². The molecule has 19 heavy (non-hydrogen) atoms. The zero-order valence-corrected chi connectivity index (χ0v) is 14.0. The van der Waals surface area contributed by atoms with Crippen molar-refractivity contribution in [3.05, 3.63) is 21.6 Å². The molecule has 0 amide bonds. The Bertz CT molecular complexity index is 565. The van der Waals surface area contributed by atoms with Crippen molar-refractivity contribution in [3.63, 3.8) is 0 Å². The Morgan fingerprint density at radius 3 is 2.58 bits per heavy atom. The Morgan fingerprint density at radius 2 is 2.11 bits per heavy atom. The van der Waals surface area contributed by atoms with Gasteiger partial charge in [-0.15, -0.1) is 0 Å². The molecule has 108 valence electrons. The summed E-state index contributed by atoms with van der Waals surface area (Å²) in [5.41, 5.74) is 5.51. The zero-order chi connectivity index (χ0) is 14.8. The van der Waals surface area contributed by atoms with Gasteiger partial charge in [-0.25, -0.2) is 8.42 Å². The van der Waals surface area contributed by atoms with Gasteiger partial charge in [-0.1, -0.05) is 11.6 Å². The molecular formula is C11H16BrClN2O3S. The molecule has 1 atom stereocenters. The fourth-order valence-corrected chi connectivity index (χ4v) is 4.21. The molecule has 1 aromatic carbocycles. The number of hydrogen-bond donors (Lipinski definition) is 1. The van der Waals surface area contributed by atoms with Crippen molar-refractivity contribution in [1.82, 2.24) is 4.31 Å². The van der Waals surface area contributed by atoms with Crippen LogP contribution in [0.25, 0.3) is 0 Å². The van der Waals surface area contributed by atoms with Crippen molar-refractivity contribution in [2.45, 2.75) is 17.9 Å². The first kappa shape index (κ1) is 16.7. The fraction of sp³-hybridized carbons (Fsp3) is 0.455. The first-order chi connectivity index (χ1) is 8.75. The standard InChI is InChI=1S/C11H16BrClN2O3S/c1-7(6-14)15(2)19(16,17)10-5-8(13)4-9(12)11(10)18-3/h4-5,7H,6,14H2,1-3H3. The summed E-state index contributed by atoms with van der Waals surface area (Å²) in [6.45, 7) is 1.95. The summed E-state index contributed by atoms with van der Waals surface area (Å²) in [7, 11) is -0.849. The number of nitrogens with two attached hydrogens (primary N) is 1. The van der Waals surface area contributed by atoms with E-state index < -0.39 is 10.0 Å². The number of sulfonamides is 1. The highest BCUT2D eigenvalue weighted by Crippen LogP contribution is 2.36. The second kappa shape index (κ2) is 6.41. The second-order valence-corrected chi connectivity index (χ2v) is 7.28. The maximum absolute atomic E-state index is 12.5. The quantitative estimate of drug-likeness (QED) is 0.860. The SMILES string of the molecule is COc1c(Br)cc(Cl)cc1S(=O)(=O)N(C)C(C)CN. The number of ether oxygens (including phenoxy) is 1. The van der Waals surface area contributed by atoms with Crippen molar-refractivity contribution in [2.75, 3.05) is 20.7 Å². The van der Waals surface area contributed by atoms with E-state index in [0.717, 1.165) is 0 Å². The summed E-state index contributed by atoms with van der Waals surface area (Å²) in [6.07, 6.45) is 0. The minimum Gasteiger partial charge on any atom is -0.494 e. The van der Waals surface area contributed by atoms with Crippen LogP contribution in [0.3, 0.4) is 0 Å². The predicted octanol–water partition coefficient (Wildman–Crippen LogP) is 2.08. The van der Waals surface area contributed by atoms with Crippen LogP contribution in [-0.4, -0.2) is 39.5 Å². The molecule has 5 nitrogen and oxygen atoms in total. The predicted molar refractivity (Wildman–Crippen MR) is 79.2 cm³/mol. The highest BCUT2D eigenvalue weighted by atomic mass is 79.9. The second-order valence-electron chi connectivity index (χ2n) is 4.02. The van der Waals surface area contributed by atoms with E-state index in [-0.39, 0.29) is 23.2 Å². The average Bonchev–Trinajstić information content (AvgIpc) is 2.35. The van der Waals surface area contributed by atoms with Crippen LogP contribution in [0.4, 0.5) is 0 Å². The molecule has 0 bridgehead atoms. The van der Waals surface area contributed by atoms with Crippen molar-refractivity contribution in [1.29, 1.82) is 0 Å². The Balaban J connectivity index is 3.44. The minimum atomic E-state index is -3.72. The summed E-state index contributed by atoms with van der Waals surface area (Å²) >= 11 is 9.15. The molecule has 0 aliphatic heterocycles. The first-order valence-corrected chi connectivity index (χ1v) is 8.08. The van der Waals surface area contributed by atoms with Gasteiger partial charge in [0.25, 0.3) is 0 Å². The summed E-state index contributed by atoms with van der Waals surface area (Å²) in [5.74, 6) is 0.223. The van der Waals surface area contributed by atoms with Crippen molar-refractivity contribution >= 4 is 37.6 Å². The fourth-order valence-electron chi connectivity index (χ4n) is 1.47. The zero-order valence-electron chi connectivity index (χ0n) is 10.9. The Labute approximate surface area is 126 Å². The van der Waals surface area contributed by atoms with Crippen LogP contribution in [0, 0.1) is 0 Å². The van der Waals surface area contributed by atoms with Gasteiger partial charge in [0.05, 0.1) is 11.6 Å². The van der Waals surface area contributed by atoms with Gasteiger partial charge in [-0.3, -0.25) is 0 Å². The van der Waals surface area contributed by atoms with Crippen LogP contribution < -0.4 is 10.5 Å². The lowest BCUT2D eigenvalue weighted by atomic mass is 10.3. The van der Waals surface area contributed by atoms with Crippen LogP contribution >= 0.6 is 27.5 Å². The van der Waals surface area contributed by atoms with E-state index in [2.05, 4.69) is 15.9 Å². The molecule has 0 aromatic heterocycles. The van der Waals surface area contributed by atoms with E-state index in [1.165, 1.54) is 24.5 Å².